The largest absolute Gasteiger partial charge is 0.416 e. The Morgan fingerprint density at radius 3 is 2.58 bits per heavy atom. The first kappa shape index (κ1) is 23.0. The number of aryl methyl sites for hydroxylation is 1. The summed E-state index contributed by atoms with van der Waals surface area (Å²) >= 11 is 6.49. The van der Waals surface area contributed by atoms with Crippen molar-refractivity contribution in [2.24, 2.45) is 0 Å². The van der Waals surface area contributed by atoms with Crippen LogP contribution in [0, 0.1) is 6.92 Å². The van der Waals surface area contributed by atoms with Crippen LogP contribution in [0.5, 0.6) is 0 Å². The molecule has 9 heteroatoms. The topological polar surface area (TPSA) is 49.4 Å². The molecule has 0 spiro atoms. The predicted molar refractivity (Wildman–Crippen MR) is 120 cm³/mol. The molecule has 0 bridgehead atoms. The standard InChI is InChI=1S/C22H19F3N2O2S2/c1-14-7-9-15(10-8-14)12-18-20(29)27(21(30)31-18)11-3-6-19(28)26-17-5-2-4-16(13-17)22(23,24)25/h2,4-5,7-10,12-13H,3,6,11H2,1H3,(H,26,28)/b18-12+. The van der Waals surface area contributed by atoms with Crippen LogP contribution in [0.15, 0.2) is 53.4 Å². The fourth-order valence-electron chi connectivity index (χ4n) is 2.90. The third kappa shape index (κ3) is 6.18. The summed E-state index contributed by atoms with van der Waals surface area (Å²) in [6, 6.07) is 12.2. The second-order valence-corrected chi connectivity index (χ2v) is 8.65. The van der Waals surface area contributed by atoms with Gasteiger partial charge in [0.15, 0.2) is 0 Å². The maximum absolute atomic E-state index is 12.8. The van der Waals surface area contributed by atoms with Crippen LogP contribution in [0.1, 0.15) is 29.5 Å². The number of thioether (sulfide) groups is 1. The molecule has 1 heterocycles. The molecule has 1 saturated heterocycles. The van der Waals surface area contributed by atoms with Crippen LogP contribution < -0.4 is 5.32 Å². The zero-order chi connectivity index (χ0) is 22.6. The molecule has 2 aromatic carbocycles. The van der Waals surface area contributed by atoms with Gasteiger partial charge in [-0.05, 0) is 43.2 Å². The van der Waals surface area contributed by atoms with Gasteiger partial charge < -0.3 is 5.32 Å². The molecule has 162 valence electrons. The van der Waals surface area contributed by atoms with Crippen molar-refractivity contribution in [3.8, 4) is 0 Å². The van der Waals surface area contributed by atoms with E-state index in [0.717, 1.165) is 23.3 Å². The number of rotatable bonds is 6. The van der Waals surface area contributed by atoms with Gasteiger partial charge in [0.1, 0.15) is 4.32 Å². The van der Waals surface area contributed by atoms with E-state index in [2.05, 4.69) is 5.32 Å². The van der Waals surface area contributed by atoms with Gasteiger partial charge in [-0.25, -0.2) is 0 Å². The number of nitrogens with one attached hydrogen (secondary N) is 1. The number of halogens is 3. The molecule has 0 atom stereocenters. The van der Waals surface area contributed by atoms with Crippen LogP contribution >= 0.6 is 24.0 Å². The summed E-state index contributed by atoms with van der Waals surface area (Å²) in [6.07, 6.45) is -2.33. The summed E-state index contributed by atoms with van der Waals surface area (Å²) in [5.41, 5.74) is 1.26. The van der Waals surface area contributed by atoms with Crippen molar-refractivity contribution in [1.29, 1.82) is 0 Å². The van der Waals surface area contributed by atoms with Crippen molar-refractivity contribution in [2.75, 3.05) is 11.9 Å². The van der Waals surface area contributed by atoms with Gasteiger partial charge in [0.2, 0.25) is 5.91 Å². The minimum Gasteiger partial charge on any atom is -0.326 e. The van der Waals surface area contributed by atoms with Crippen LogP contribution in [0.25, 0.3) is 6.08 Å². The lowest BCUT2D eigenvalue weighted by Gasteiger charge is -2.14. The van der Waals surface area contributed by atoms with Crippen molar-refractivity contribution in [3.63, 3.8) is 0 Å². The SMILES string of the molecule is Cc1ccc(/C=C2/SC(=S)N(CCCC(=O)Nc3cccc(C(F)(F)F)c3)C2=O)cc1. The lowest BCUT2D eigenvalue weighted by Crippen LogP contribution is -2.29. The first-order chi connectivity index (χ1) is 14.6. The van der Waals surface area contributed by atoms with Gasteiger partial charge in [0.25, 0.3) is 5.91 Å². The van der Waals surface area contributed by atoms with Crippen molar-refractivity contribution in [1.82, 2.24) is 4.90 Å². The molecule has 0 aromatic heterocycles. The zero-order valence-electron chi connectivity index (χ0n) is 16.5. The second kappa shape index (κ2) is 9.65. The maximum atomic E-state index is 12.8. The Morgan fingerprint density at radius 1 is 1.19 bits per heavy atom. The summed E-state index contributed by atoms with van der Waals surface area (Å²) in [7, 11) is 0. The third-order valence-corrected chi connectivity index (χ3v) is 5.89. The molecule has 4 nitrogen and oxygen atoms in total. The molecule has 0 saturated carbocycles. The summed E-state index contributed by atoms with van der Waals surface area (Å²) in [5.74, 6) is -0.645. The Bertz CT molecular complexity index is 1030. The molecule has 1 fully saturated rings. The quantitative estimate of drug-likeness (QED) is 0.444. The second-order valence-electron chi connectivity index (χ2n) is 6.97. The van der Waals surface area contributed by atoms with E-state index in [1.807, 2.05) is 31.2 Å². The summed E-state index contributed by atoms with van der Waals surface area (Å²) in [5, 5.41) is 2.46. The van der Waals surface area contributed by atoms with E-state index in [4.69, 9.17) is 12.2 Å². The van der Waals surface area contributed by atoms with Gasteiger partial charge in [0, 0.05) is 18.7 Å². The molecule has 2 aromatic rings. The number of hydrogen-bond donors (Lipinski definition) is 1. The zero-order valence-corrected chi connectivity index (χ0v) is 18.2. The highest BCUT2D eigenvalue weighted by molar-refractivity contribution is 8.26. The predicted octanol–water partition coefficient (Wildman–Crippen LogP) is 5.63. The molecule has 0 radical (unpaired) electrons. The van der Waals surface area contributed by atoms with Gasteiger partial charge in [-0.2, -0.15) is 13.2 Å². The van der Waals surface area contributed by atoms with Gasteiger partial charge in [-0.3, -0.25) is 14.5 Å². The molecular formula is C22H19F3N2O2S2. The highest BCUT2D eigenvalue weighted by atomic mass is 32.2. The first-order valence-corrected chi connectivity index (χ1v) is 10.6. The van der Waals surface area contributed by atoms with Crippen molar-refractivity contribution in [3.05, 3.63) is 70.1 Å². The number of nitrogens with zero attached hydrogens (tertiary/aromatic N) is 1. The Labute approximate surface area is 187 Å². The third-order valence-electron chi connectivity index (χ3n) is 4.51. The number of carbonyl (C=O) groups is 2. The number of carbonyl (C=O) groups excluding carboxylic acids is 2. The Morgan fingerprint density at radius 2 is 1.90 bits per heavy atom. The first-order valence-electron chi connectivity index (χ1n) is 9.42. The number of amides is 2. The minimum absolute atomic E-state index is 0.0459. The Balaban J connectivity index is 1.53. The van der Waals surface area contributed by atoms with Crippen LogP contribution in [-0.2, 0) is 15.8 Å². The molecule has 1 aliphatic rings. The van der Waals surface area contributed by atoms with Crippen molar-refractivity contribution >= 4 is 51.9 Å². The van der Waals surface area contributed by atoms with Gasteiger partial charge >= 0.3 is 6.18 Å². The van der Waals surface area contributed by atoms with Crippen LogP contribution in [0.2, 0.25) is 0 Å². The molecule has 1 N–H and O–H groups in total. The normalized spacial score (nSPS) is 15.6. The smallest absolute Gasteiger partial charge is 0.326 e. The molecule has 3 rings (SSSR count). The van der Waals surface area contributed by atoms with Gasteiger partial charge in [-0.1, -0.05) is 59.9 Å². The molecular weight excluding hydrogens is 445 g/mol. The van der Waals surface area contributed by atoms with E-state index >= 15 is 0 Å². The van der Waals surface area contributed by atoms with E-state index < -0.39 is 17.6 Å². The number of benzene rings is 2. The highest BCUT2D eigenvalue weighted by Crippen LogP contribution is 2.33. The number of hydrogen-bond acceptors (Lipinski definition) is 4. The van der Waals surface area contributed by atoms with E-state index in [1.54, 1.807) is 6.08 Å². The number of alkyl halides is 3. The lowest BCUT2D eigenvalue weighted by molar-refractivity contribution is -0.137. The van der Waals surface area contributed by atoms with Crippen LogP contribution in [0.4, 0.5) is 18.9 Å². The number of thiocarbonyl (C=S) groups is 1. The van der Waals surface area contributed by atoms with Gasteiger partial charge in [0.05, 0.1) is 10.5 Å². The highest BCUT2D eigenvalue weighted by Gasteiger charge is 2.32. The summed E-state index contributed by atoms with van der Waals surface area (Å²) in [6.45, 7) is 2.23. The minimum atomic E-state index is -4.48. The average Bonchev–Trinajstić information content (AvgIpc) is 2.96. The van der Waals surface area contributed by atoms with E-state index in [1.165, 1.54) is 28.8 Å². The van der Waals surface area contributed by atoms with Crippen molar-refractivity contribution in [2.45, 2.75) is 25.9 Å². The molecule has 0 aliphatic carbocycles. The van der Waals surface area contributed by atoms with Crippen molar-refractivity contribution < 1.29 is 22.8 Å². The molecule has 31 heavy (non-hydrogen) atoms. The summed E-state index contributed by atoms with van der Waals surface area (Å²) < 4.78 is 38.7. The van der Waals surface area contributed by atoms with E-state index in [0.29, 0.717) is 15.6 Å². The van der Waals surface area contributed by atoms with Crippen LogP contribution in [0.3, 0.4) is 0 Å². The molecule has 2 amide bonds. The van der Waals surface area contributed by atoms with E-state index in [-0.39, 0.29) is 24.6 Å². The summed E-state index contributed by atoms with van der Waals surface area (Å²) in [4.78, 5) is 26.7. The van der Waals surface area contributed by atoms with Gasteiger partial charge in [-0.15, -0.1) is 0 Å². The Hall–Kier alpha value is -2.65. The van der Waals surface area contributed by atoms with E-state index in [9.17, 15) is 22.8 Å². The fraction of sp³-hybridized carbons (Fsp3) is 0.227. The fourth-order valence-corrected chi connectivity index (χ4v) is 4.21. The molecule has 0 unspecified atom stereocenters. The number of anilines is 1. The lowest BCUT2D eigenvalue weighted by atomic mass is 10.1. The Kier molecular flexibility index (Phi) is 7.17. The monoisotopic (exact) mass is 464 g/mol. The maximum Gasteiger partial charge on any atom is 0.416 e. The van der Waals surface area contributed by atoms with Crippen LogP contribution in [-0.4, -0.2) is 27.6 Å². The molecule has 1 aliphatic heterocycles. The average molecular weight is 465 g/mol.